The largest absolute Gasteiger partial charge is 0.478 e. The lowest BCUT2D eigenvalue weighted by Gasteiger charge is -2.27. The fourth-order valence-corrected chi connectivity index (χ4v) is 4.25. The van der Waals surface area contributed by atoms with E-state index in [-0.39, 0.29) is 11.6 Å². The molecule has 0 bridgehead atoms. The summed E-state index contributed by atoms with van der Waals surface area (Å²) in [5.41, 5.74) is 4.32. The van der Waals surface area contributed by atoms with E-state index >= 15 is 0 Å². The van der Waals surface area contributed by atoms with Crippen molar-refractivity contribution >= 4 is 33.7 Å². The number of methoxy groups -OCH3 is 1. The van der Waals surface area contributed by atoms with Crippen LogP contribution in [0.1, 0.15) is 23.2 Å². The summed E-state index contributed by atoms with van der Waals surface area (Å²) in [7, 11) is 1.71. The fourth-order valence-electron chi connectivity index (χ4n) is 4.25. The van der Waals surface area contributed by atoms with E-state index < -0.39 is 5.97 Å². The number of rotatable bonds is 5. The van der Waals surface area contributed by atoms with Gasteiger partial charge in [0.05, 0.1) is 29.2 Å². The molecule has 1 unspecified atom stereocenters. The first-order valence-electron chi connectivity index (χ1n) is 10.0. The summed E-state index contributed by atoms with van der Waals surface area (Å²) < 4.78 is 5.44. The Kier molecular flexibility index (Phi) is 4.59. The molecule has 0 radical (unpaired) electrons. The fraction of sp³-hybridized carbons (Fsp3) is 0.261. The molecule has 4 aromatic rings. The SMILES string of the molecule is COCC1CCCN1c1nc2cc(C(=O)O)ccc2nc1-c1ccc2[nH]ccc2c1. The van der Waals surface area contributed by atoms with Crippen LogP contribution in [-0.4, -0.2) is 52.3 Å². The van der Waals surface area contributed by atoms with Gasteiger partial charge in [0.15, 0.2) is 5.82 Å². The minimum absolute atomic E-state index is 0.208. The Balaban J connectivity index is 1.72. The topological polar surface area (TPSA) is 91.3 Å². The molecule has 1 fully saturated rings. The van der Waals surface area contributed by atoms with Crippen molar-refractivity contribution in [3.8, 4) is 11.3 Å². The zero-order valence-corrected chi connectivity index (χ0v) is 16.6. The van der Waals surface area contributed by atoms with Gasteiger partial charge in [-0.15, -0.1) is 0 Å². The number of H-pyrrole nitrogens is 1. The molecule has 7 heteroatoms. The van der Waals surface area contributed by atoms with Crippen molar-refractivity contribution in [3.63, 3.8) is 0 Å². The number of anilines is 1. The van der Waals surface area contributed by atoms with Gasteiger partial charge in [0.1, 0.15) is 5.69 Å². The van der Waals surface area contributed by atoms with Gasteiger partial charge >= 0.3 is 5.97 Å². The maximum atomic E-state index is 11.4. The third kappa shape index (κ3) is 3.17. The van der Waals surface area contributed by atoms with E-state index in [4.69, 9.17) is 14.7 Å². The highest BCUT2D eigenvalue weighted by atomic mass is 16.5. The Bertz CT molecular complexity index is 1250. The van der Waals surface area contributed by atoms with Crippen molar-refractivity contribution in [3.05, 3.63) is 54.2 Å². The predicted molar refractivity (Wildman–Crippen MR) is 116 cm³/mol. The summed E-state index contributed by atoms with van der Waals surface area (Å²) in [6.07, 6.45) is 4.00. The molecule has 0 spiro atoms. The van der Waals surface area contributed by atoms with E-state index in [1.54, 1.807) is 25.3 Å². The molecule has 3 heterocycles. The lowest BCUT2D eigenvalue weighted by atomic mass is 10.1. The lowest BCUT2D eigenvalue weighted by Crippen LogP contribution is -2.34. The lowest BCUT2D eigenvalue weighted by molar-refractivity contribution is 0.0697. The van der Waals surface area contributed by atoms with Crippen molar-refractivity contribution in [2.24, 2.45) is 0 Å². The maximum absolute atomic E-state index is 11.4. The first-order chi connectivity index (χ1) is 14.6. The number of nitrogens with zero attached hydrogens (tertiary/aromatic N) is 3. The Labute approximate surface area is 173 Å². The highest BCUT2D eigenvalue weighted by molar-refractivity contribution is 5.94. The Morgan fingerprint density at radius 1 is 1.20 bits per heavy atom. The van der Waals surface area contributed by atoms with Crippen molar-refractivity contribution in [2.75, 3.05) is 25.2 Å². The van der Waals surface area contributed by atoms with Gasteiger partial charge in [0, 0.05) is 36.3 Å². The van der Waals surface area contributed by atoms with E-state index in [1.165, 1.54) is 0 Å². The van der Waals surface area contributed by atoms with E-state index in [2.05, 4.69) is 16.0 Å². The monoisotopic (exact) mass is 402 g/mol. The first kappa shape index (κ1) is 18.6. The number of aromatic carboxylic acids is 1. The number of aromatic nitrogens is 3. The van der Waals surface area contributed by atoms with Crippen LogP contribution in [0.5, 0.6) is 0 Å². The molecule has 1 atom stereocenters. The number of hydrogen-bond donors (Lipinski definition) is 2. The second kappa shape index (κ2) is 7.42. The number of fused-ring (bicyclic) bond motifs is 2. The summed E-state index contributed by atoms with van der Waals surface area (Å²) in [5, 5.41) is 10.5. The Hall–Kier alpha value is -3.45. The third-order valence-electron chi connectivity index (χ3n) is 5.73. The van der Waals surface area contributed by atoms with Crippen LogP contribution in [0.4, 0.5) is 5.82 Å². The summed E-state index contributed by atoms with van der Waals surface area (Å²) in [6, 6.07) is 13.4. The molecule has 5 rings (SSSR count). The average Bonchev–Trinajstić information content (AvgIpc) is 3.41. The second-order valence-corrected chi connectivity index (χ2v) is 7.63. The quantitative estimate of drug-likeness (QED) is 0.522. The molecule has 2 aromatic carbocycles. The van der Waals surface area contributed by atoms with Crippen LogP contribution in [-0.2, 0) is 4.74 Å². The van der Waals surface area contributed by atoms with Crippen LogP contribution < -0.4 is 4.90 Å². The van der Waals surface area contributed by atoms with Crippen LogP contribution in [0.25, 0.3) is 33.2 Å². The molecule has 2 N–H and O–H groups in total. The highest BCUT2D eigenvalue weighted by Crippen LogP contribution is 2.35. The Morgan fingerprint density at radius 2 is 2.10 bits per heavy atom. The van der Waals surface area contributed by atoms with Crippen LogP contribution in [0.3, 0.4) is 0 Å². The second-order valence-electron chi connectivity index (χ2n) is 7.63. The molecular weight excluding hydrogens is 380 g/mol. The Morgan fingerprint density at radius 3 is 2.93 bits per heavy atom. The van der Waals surface area contributed by atoms with Gasteiger partial charge in [-0.25, -0.2) is 14.8 Å². The average molecular weight is 402 g/mol. The van der Waals surface area contributed by atoms with Crippen molar-refractivity contribution < 1.29 is 14.6 Å². The van der Waals surface area contributed by atoms with Crippen LogP contribution >= 0.6 is 0 Å². The van der Waals surface area contributed by atoms with E-state index in [9.17, 15) is 9.90 Å². The minimum atomic E-state index is -0.972. The molecule has 1 aliphatic rings. The standard InChI is InChI=1S/C23H22N4O3/c1-30-13-17-3-2-10-27(17)22-21(15-4-6-18-14(11-15)8-9-24-18)25-19-7-5-16(23(28)29)12-20(19)26-22/h4-9,11-12,17,24H,2-3,10,13H2,1H3,(H,28,29). The van der Waals surface area contributed by atoms with Gasteiger partial charge in [0.2, 0.25) is 0 Å². The van der Waals surface area contributed by atoms with Gasteiger partial charge in [-0.2, -0.15) is 0 Å². The number of carboxylic acids is 1. The van der Waals surface area contributed by atoms with Gasteiger partial charge in [-0.1, -0.05) is 6.07 Å². The first-order valence-corrected chi connectivity index (χ1v) is 10.0. The number of benzene rings is 2. The third-order valence-corrected chi connectivity index (χ3v) is 5.73. The molecule has 1 aliphatic heterocycles. The molecule has 0 amide bonds. The zero-order valence-electron chi connectivity index (χ0n) is 16.6. The van der Waals surface area contributed by atoms with E-state index in [1.807, 2.05) is 24.4 Å². The van der Waals surface area contributed by atoms with E-state index in [0.29, 0.717) is 17.6 Å². The number of carbonyl (C=O) groups is 1. The van der Waals surface area contributed by atoms with Gasteiger partial charge < -0.3 is 19.7 Å². The van der Waals surface area contributed by atoms with Gasteiger partial charge in [0.25, 0.3) is 0 Å². The summed E-state index contributed by atoms with van der Waals surface area (Å²) in [5.74, 6) is -0.194. The molecule has 0 saturated carbocycles. The van der Waals surface area contributed by atoms with Crippen molar-refractivity contribution in [1.29, 1.82) is 0 Å². The van der Waals surface area contributed by atoms with Crippen LogP contribution in [0, 0.1) is 0 Å². The van der Waals surface area contributed by atoms with Gasteiger partial charge in [-0.3, -0.25) is 0 Å². The molecular formula is C23H22N4O3. The zero-order chi connectivity index (χ0) is 20.7. The van der Waals surface area contributed by atoms with Crippen LogP contribution in [0.2, 0.25) is 0 Å². The number of aromatic amines is 1. The van der Waals surface area contributed by atoms with E-state index in [0.717, 1.165) is 47.4 Å². The number of nitrogens with one attached hydrogen (secondary N) is 1. The predicted octanol–water partition coefficient (Wildman–Crippen LogP) is 4.09. The minimum Gasteiger partial charge on any atom is -0.478 e. The molecule has 30 heavy (non-hydrogen) atoms. The number of ether oxygens (including phenoxy) is 1. The normalized spacial score (nSPS) is 16.6. The number of hydrogen-bond acceptors (Lipinski definition) is 5. The molecule has 152 valence electrons. The van der Waals surface area contributed by atoms with Crippen molar-refractivity contribution in [1.82, 2.24) is 15.0 Å². The maximum Gasteiger partial charge on any atom is 0.335 e. The molecule has 2 aromatic heterocycles. The summed E-state index contributed by atoms with van der Waals surface area (Å²) >= 11 is 0. The van der Waals surface area contributed by atoms with Crippen molar-refractivity contribution in [2.45, 2.75) is 18.9 Å². The molecule has 1 saturated heterocycles. The summed E-state index contributed by atoms with van der Waals surface area (Å²) in [6.45, 7) is 1.48. The number of carboxylic acid groups (broad SMARTS) is 1. The molecule has 7 nitrogen and oxygen atoms in total. The summed E-state index contributed by atoms with van der Waals surface area (Å²) in [4.78, 5) is 26.7. The highest BCUT2D eigenvalue weighted by Gasteiger charge is 2.29. The molecule has 0 aliphatic carbocycles. The van der Waals surface area contributed by atoms with Crippen LogP contribution in [0.15, 0.2) is 48.7 Å². The van der Waals surface area contributed by atoms with Gasteiger partial charge in [-0.05, 0) is 49.2 Å². The smallest absolute Gasteiger partial charge is 0.335 e.